The predicted molar refractivity (Wildman–Crippen MR) is 99.0 cm³/mol. The molecule has 140 valence electrons. The van der Waals surface area contributed by atoms with E-state index in [2.05, 4.69) is 34.8 Å². The molecule has 2 N–H and O–H groups in total. The molecule has 6 heteroatoms. The summed E-state index contributed by atoms with van der Waals surface area (Å²) in [6.07, 6.45) is 3.46. The zero-order valence-corrected chi connectivity index (χ0v) is 15.6. The molecule has 26 heavy (non-hydrogen) atoms. The van der Waals surface area contributed by atoms with E-state index < -0.39 is 0 Å². The van der Waals surface area contributed by atoms with Crippen LogP contribution in [0.25, 0.3) is 0 Å². The van der Waals surface area contributed by atoms with Crippen LogP contribution in [-0.2, 0) is 16.1 Å². The number of benzene rings is 1. The first kappa shape index (κ1) is 17.5. The number of amides is 2. The average molecular weight is 356 g/mol. The second kappa shape index (κ2) is 7.00. The monoisotopic (exact) mass is 356 g/mol. The molecule has 0 spiro atoms. The van der Waals surface area contributed by atoms with Crippen molar-refractivity contribution in [3.8, 4) is 0 Å². The SMILES string of the molecule is Cc1cccc(CNC(=O)C2CCC3C(C2)N(C)C(=O)C2CCNN23)c1. The lowest BCUT2D eigenvalue weighted by molar-refractivity contribution is -0.153. The third-order valence-electron chi connectivity index (χ3n) is 6.24. The standard InChI is InChI=1S/C20H28N4O2/c1-13-4-3-5-14(10-13)12-21-19(25)15-6-7-16-18(11-15)23(2)20(26)17-8-9-22-24(16)17/h3-5,10,15-18,22H,6-9,11-12H2,1-2H3,(H,21,25). The van der Waals surface area contributed by atoms with Crippen LogP contribution in [0, 0.1) is 12.8 Å². The van der Waals surface area contributed by atoms with Crippen LogP contribution < -0.4 is 10.7 Å². The molecular weight excluding hydrogens is 328 g/mol. The molecule has 2 heterocycles. The molecule has 2 amide bonds. The Labute approximate surface area is 154 Å². The highest BCUT2D eigenvalue weighted by Crippen LogP contribution is 2.36. The van der Waals surface area contributed by atoms with Gasteiger partial charge in [0.25, 0.3) is 0 Å². The molecular formula is C20H28N4O2. The molecule has 6 nitrogen and oxygen atoms in total. The maximum Gasteiger partial charge on any atom is 0.241 e. The van der Waals surface area contributed by atoms with Crippen LogP contribution in [0.2, 0.25) is 0 Å². The normalized spacial score (nSPS) is 31.5. The first-order chi connectivity index (χ1) is 12.5. The summed E-state index contributed by atoms with van der Waals surface area (Å²) in [5, 5.41) is 5.27. The molecule has 2 aliphatic heterocycles. The number of aryl methyl sites for hydroxylation is 1. The van der Waals surface area contributed by atoms with Crippen LogP contribution in [0.5, 0.6) is 0 Å². The summed E-state index contributed by atoms with van der Waals surface area (Å²) in [4.78, 5) is 27.2. The second-order valence-electron chi connectivity index (χ2n) is 7.92. The minimum absolute atomic E-state index is 0.0181. The quantitative estimate of drug-likeness (QED) is 0.854. The van der Waals surface area contributed by atoms with E-state index in [4.69, 9.17) is 0 Å². The van der Waals surface area contributed by atoms with Gasteiger partial charge in [-0.15, -0.1) is 0 Å². The van der Waals surface area contributed by atoms with Crippen LogP contribution in [-0.4, -0.2) is 53.4 Å². The highest BCUT2D eigenvalue weighted by atomic mass is 16.2. The number of hydrogen-bond donors (Lipinski definition) is 2. The zero-order valence-electron chi connectivity index (χ0n) is 15.6. The molecule has 3 fully saturated rings. The summed E-state index contributed by atoms with van der Waals surface area (Å²) < 4.78 is 0. The van der Waals surface area contributed by atoms with Gasteiger partial charge in [0.1, 0.15) is 6.04 Å². The van der Waals surface area contributed by atoms with Gasteiger partial charge in [-0.25, -0.2) is 5.01 Å². The molecule has 2 saturated heterocycles. The van der Waals surface area contributed by atoms with Crippen molar-refractivity contribution in [2.75, 3.05) is 13.6 Å². The second-order valence-corrected chi connectivity index (χ2v) is 7.92. The van der Waals surface area contributed by atoms with Crippen molar-refractivity contribution in [2.45, 2.75) is 57.3 Å². The lowest BCUT2D eigenvalue weighted by atomic mass is 9.79. The minimum Gasteiger partial charge on any atom is -0.352 e. The van der Waals surface area contributed by atoms with Gasteiger partial charge in [0, 0.05) is 38.1 Å². The molecule has 4 atom stereocenters. The summed E-state index contributed by atoms with van der Waals surface area (Å²) in [7, 11) is 1.91. The third-order valence-corrected chi connectivity index (χ3v) is 6.24. The summed E-state index contributed by atoms with van der Waals surface area (Å²) in [5.74, 6) is 0.287. The topological polar surface area (TPSA) is 64.7 Å². The van der Waals surface area contributed by atoms with Crippen LogP contribution in [0.4, 0.5) is 0 Å². The van der Waals surface area contributed by atoms with Crippen molar-refractivity contribution in [1.82, 2.24) is 20.7 Å². The van der Waals surface area contributed by atoms with E-state index in [1.807, 2.05) is 24.1 Å². The largest absolute Gasteiger partial charge is 0.352 e. The fraction of sp³-hybridized carbons (Fsp3) is 0.600. The highest BCUT2D eigenvalue weighted by molar-refractivity contribution is 5.84. The molecule has 1 aliphatic carbocycles. The zero-order chi connectivity index (χ0) is 18.3. The van der Waals surface area contributed by atoms with Gasteiger partial charge in [-0.3, -0.25) is 15.0 Å². The van der Waals surface area contributed by atoms with E-state index in [-0.39, 0.29) is 29.8 Å². The number of likely N-dealkylation sites (N-methyl/N-ethyl adjacent to an activating group) is 1. The van der Waals surface area contributed by atoms with E-state index in [9.17, 15) is 9.59 Å². The van der Waals surface area contributed by atoms with Gasteiger partial charge in [-0.1, -0.05) is 29.8 Å². The van der Waals surface area contributed by atoms with Crippen molar-refractivity contribution >= 4 is 11.8 Å². The Morgan fingerprint density at radius 2 is 2.12 bits per heavy atom. The Morgan fingerprint density at radius 3 is 2.92 bits per heavy atom. The van der Waals surface area contributed by atoms with Crippen LogP contribution in [0.3, 0.4) is 0 Å². The maximum absolute atomic E-state index is 12.7. The molecule has 3 aliphatic rings. The smallest absolute Gasteiger partial charge is 0.241 e. The van der Waals surface area contributed by atoms with E-state index in [0.29, 0.717) is 12.6 Å². The van der Waals surface area contributed by atoms with Crippen molar-refractivity contribution in [3.05, 3.63) is 35.4 Å². The number of fused-ring (bicyclic) bond motifs is 3. The summed E-state index contributed by atoms with van der Waals surface area (Å²) in [5.41, 5.74) is 5.72. The predicted octanol–water partition coefficient (Wildman–Crippen LogP) is 1.20. The van der Waals surface area contributed by atoms with Crippen molar-refractivity contribution < 1.29 is 9.59 Å². The number of rotatable bonds is 3. The number of hydrazine groups is 1. The van der Waals surface area contributed by atoms with E-state index in [1.165, 1.54) is 5.56 Å². The maximum atomic E-state index is 12.7. The van der Waals surface area contributed by atoms with Gasteiger partial charge in [0.2, 0.25) is 11.8 Å². The molecule has 4 unspecified atom stereocenters. The van der Waals surface area contributed by atoms with Crippen molar-refractivity contribution in [2.24, 2.45) is 5.92 Å². The molecule has 1 aromatic carbocycles. The van der Waals surface area contributed by atoms with Crippen LogP contribution in [0.1, 0.15) is 36.8 Å². The lowest BCUT2D eigenvalue weighted by Crippen LogP contribution is -2.67. The summed E-state index contributed by atoms with van der Waals surface area (Å²) >= 11 is 0. The third kappa shape index (κ3) is 3.12. The van der Waals surface area contributed by atoms with Gasteiger partial charge in [-0.05, 0) is 38.2 Å². The van der Waals surface area contributed by atoms with Gasteiger partial charge in [-0.2, -0.15) is 0 Å². The van der Waals surface area contributed by atoms with Crippen LogP contribution >= 0.6 is 0 Å². The first-order valence-electron chi connectivity index (χ1n) is 9.66. The van der Waals surface area contributed by atoms with Gasteiger partial charge >= 0.3 is 0 Å². The Morgan fingerprint density at radius 1 is 1.27 bits per heavy atom. The number of hydrogen-bond acceptors (Lipinski definition) is 4. The molecule has 0 radical (unpaired) electrons. The fourth-order valence-electron chi connectivity index (χ4n) is 4.83. The number of carbonyl (C=O) groups excluding carboxylic acids is 2. The minimum atomic E-state index is -0.0204. The number of nitrogens with one attached hydrogen (secondary N) is 2. The first-order valence-corrected chi connectivity index (χ1v) is 9.66. The summed E-state index contributed by atoms with van der Waals surface area (Å²) in [6, 6.07) is 8.64. The number of piperazine rings is 1. The Balaban J connectivity index is 1.39. The van der Waals surface area contributed by atoms with Gasteiger partial charge in [0.05, 0.1) is 0 Å². The molecule has 0 bridgehead atoms. The highest BCUT2D eigenvalue weighted by Gasteiger charge is 2.50. The summed E-state index contributed by atoms with van der Waals surface area (Å²) in [6.45, 7) is 3.49. The van der Waals surface area contributed by atoms with E-state index >= 15 is 0 Å². The fourth-order valence-corrected chi connectivity index (χ4v) is 4.83. The molecule has 0 aromatic heterocycles. The molecule has 1 aromatic rings. The Hall–Kier alpha value is -1.92. The Kier molecular flexibility index (Phi) is 4.71. The van der Waals surface area contributed by atoms with Gasteiger partial charge < -0.3 is 10.2 Å². The number of nitrogens with zero attached hydrogens (tertiary/aromatic N) is 2. The van der Waals surface area contributed by atoms with Crippen molar-refractivity contribution in [1.29, 1.82) is 0 Å². The van der Waals surface area contributed by atoms with Crippen molar-refractivity contribution in [3.63, 3.8) is 0 Å². The molecule has 4 rings (SSSR count). The lowest BCUT2D eigenvalue weighted by Gasteiger charge is -2.50. The van der Waals surface area contributed by atoms with Crippen LogP contribution in [0.15, 0.2) is 24.3 Å². The van der Waals surface area contributed by atoms with E-state index in [0.717, 1.165) is 37.8 Å². The average Bonchev–Trinajstić information content (AvgIpc) is 3.14. The van der Waals surface area contributed by atoms with Gasteiger partial charge in [0.15, 0.2) is 0 Å². The Bertz CT molecular complexity index is 707. The number of carbonyl (C=O) groups is 2. The van der Waals surface area contributed by atoms with E-state index in [1.54, 1.807) is 0 Å². The molecule has 1 saturated carbocycles.